The third-order valence-electron chi connectivity index (χ3n) is 0.906. The van der Waals surface area contributed by atoms with Gasteiger partial charge in [0, 0.05) is 6.61 Å². The number of hydrogen-bond acceptors (Lipinski definition) is 3. The van der Waals surface area contributed by atoms with Gasteiger partial charge in [-0.25, -0.2) is 0 Å². The van der Waals surface area contributed by atoms with E-state index in [9.17, 15) is 4.79 Å². The summed E-state index contributed by atoms with van der Waals surface area (Å²) in [5.41, 5.74) is 0. The van der Waals surface area contributed by atoms with E-state index in [2.05, 4.69) is 0 Å². The van der Waals surface area contributed by atoms with E-state index in [4.69, 9.17) is 9.47 Å². The molecule has 0 heterocycles. The first-order valence-corrected chi connectivity index (χ1v) is 3.51. The maximum Gasteiger partial charge on any atom is 0.145 e. The van der Waals surface area contributed by atoms with Crippen molar-refractivity contribution in [2.24, 2.45) is 0 Å². The molecule has 3 nitrogen and oxygen atoms in total. The van der Waals surface area contributed by atoms with Gasteiger partial charge in [-0.15, -0.1) is 0 Å². The van der Waals surface area contributed by atoms with E-state index in [0.29, 0.717) is 13.2 Å². The van der Waals surface area contributed by atoms with Crippen molar-refractivity contribution in [1.29, 1.82) is 0 Å². The van der Waals surface area contributed by atoms with Crippen molar-refractivity contribution in [1.82, 2.24) is 0 Å². The molecule has 0 aromatic heterocycles. The average molecular weight is 146 g/mol. The Kier molecular flexibility index (Phi) is 8.24. The maximum absolute atomic E-state index is 9.73. The standard InChI is InChI=1S/C7H14O3/c1-2-4-9-6-7-10-5-3-8/h3H,2,4-7H2,1H3. The Hall–Kier alpha value is -0.410. The molecule has 0 saturated carbocycles. The number of aldehydes is 1. The summed E-state index contributed by atoms with van der Waals surface area (Å²) >= 11 is 0. The van der Waals surface area contributed by atoms with E-state index < -0.39 is 0 Å². The predicted octanol–water partition coefficient (Wildman–Crippen LogP) is 0.629. The molecule has 0 aliphatic rings. The minimum atomic E-state index is 0.176. The lowest BCUT2D eigenvalue weighted by Crippen LogP contribution is -2.05. The first-order valence-electron chi connectivity index (χ1n) is 3.51. The van der Waals surface area contributed by atoms with E-state index in [1.807, 2.05) is 6.92 Å². The van der Waals surface area contributed by atoms with E-state index in [1.54, 1.807) is 0 Å². The first kappa shape index (κ1) is 9.59. The van der Waals surface area contributed by atoms with Crippen molar-refractivity contribution in [3.63, 3.8) is 0 Å². The molecule has 0 aliphatic heterocycles. The number of carbonyl (C=O) groups is 1. The SMILES string of the molecule is CCCOCCOCC=O. The minimum absolute atomic E-state index is 0.176. The maximum atomic E-state index is 9.73. The molecule has 0 saturated heterocycles. The van der Waals surface area contributed by atoms with E-state index in [-0.39, 0.29) is 6.61 Å². The Morgan fingerprint density at radius 3 is 2.50 bits per heavy atom. The van der Waals surface area contributed by atoms with Gasteiger partial charge in [0.2, 0.25) is 0 Å². The van der Waals surface area contributed by atoms with Crippen molar-refractivity contribution in [2.75, 3.05) is 26.4 Å². The highest BCUT2D eigenvalue weighted by atomic mass is 16.5. The Morgan fingerprint density at radius 1 is 1.20 bits per heavy atom. The van der Waals surface area contributed by atoms with Crippen molar-refractivity contribution in [3.05, 3.63) is 0 Å². The Balaban J connectivity index is 2.70. The van der Waals surface area contributed by atoms with Crippen molar-refractivity contribution in [3.8, 4) is 0 Å². The van der Waals surface area contributed by atoms with E-state index in [0.717, 1.165) is 19.3 Å². The third-order valence-corrected chi connectivity index (χ3v) is 0.906. The average Bonchev–Trinajstić information content (AvgIpc) is 1.97. The number of rotatable bonds is 7. The van der Waals surface area contributed by atoms with Gasteiger partial charge in [-0.05, 0) is 6.42 Å². The van der Waals surface area contributed by atoms with Gasteiger partial charge in [-0.1, -0.05) is 6.92 Å². The van der Waals surface area contributed by atoms with Crippen LogP contribution in [0.4, 0.5) is 0 Å². The fourth-order valence-corrected chi connectivity index (χ4v) is 0.496. The highest BCUT2D eigenvalue weighted by Crippen LogP contribution is 1.80. The van der Waals surface area contributed by atoms with Crippen LogP contribution in [0, 0.1) is 0 Å². The molecule has 60 valence electrons. The van der Waals surface area contributed by atoms with Gasteiger partial charge in [0.1, 0.15) is 12.9 Å². The number of hydrogen-bond donors (Lipinski definition) is 0. The fraction of sp³-hybridized carbons (Fsp3) is 0.857. The van der Waals surface area contributed by atoms with Crippen molar-refractivity contribution in [2.45, 2.75) is 13.3 Å². The second-order valence-corrected chi connectivity index (χ2v) is 1.85. The van der Waals surface area contributed by atoms with Gasteiger partial charge in [0.15, 0.2) is 0 Å². The topological polar surface area (TPSA) is 35.5 Å². The van der Waals surface area contributed by atoms with Crippen LogP contribution in [0.25, 0.3) is 0 Å². The van der Waals surface area contributed by atoms with Gasteiger partial charge >= 0.3 is 0 Å². The number of ether oxygens (including phenoxy) is 2. The van der Waals surface area contributed by atoms with Gasteiger partial charge < -0.3 is 14.3 Å². The summed E-state index contributed by atoms with van der Waals surface area (Å²) in [4.78, 5) is 9.73. The highest BCUT2D eigenvalue weighted by Gasteiger charge is 1.85. The predicted molar refractivity (Wildman–Crippen MR) is 38.0 cm³/mol. The van der Waals surface area contributed by atoms with Crippen LogP contribution in [0.3, 0.4) is 0 Å². The van der Waals surface area contributed by atoms with Crippen LogP contribution in [-0.2, 0) is 14.3 Å². The lowest BCUT2D eigenvalue weighted by molar-refractivity contribution is -0.112. The van der Waals surface area contributed by atoms with Gasteiger partial charge in [-0.3, -0.25) is 0 Å². The molecule has 0 rings (SSSR count). The molecule has 0 bridgehead atoms. The minimum Gasteiger partial charge on any atom is -0.379 e. The molecule has 0 aromatic carbocycles. The number of carbonyl (C=O) groups excluding carboxylic acids is 1. The summed E-state index contributed by atoms with van der Waals surface area (Å²) in [5, 5.41) is 0. The highest BCUT2D eigenvalue weighted by molar-refractivity contribution is 5.50. The summed E-state index contributed by atoms with van der Waals surface area (Å²) in [5.74, 6) is 0. The van der Waals surface area contributed by atoms with Crippen LogP contribution in [0.1, 0.15) is 13.3 Å². The molecule has 0 aliphatic carbocycles. The molecule has 0 fully saturated rings. The summed E-state index contributed by atoms with van der Waals surface area (Å²) in [6, 6.07) is 0. The fourth-order valence-electron chi connectivity index (χ4n) is 0.496. The van der Waals surface area contributed by atoms with Crippen molar-refractivity contribution >= 4 is 6.29 Å². The normalized spacial score (nSPS) is 9.70. The van der Waals surface area contributed by atoms with Crippen molar-refractivity contribution < 1.29 is 14.3 Å². The summed E-state index contributed by atoms with van der Waals surface area (Å²) in [7, 11) is 0. The van der Waals surface area contributed by atoms with Gasteiger partial charge in [0.05, 0.1) is 13.2 Å². The smallest absolute Gasteiger partial charge is 0.145 e. The lowest BCUT2D eigenvalue weighted by Gasteiger charge is -2.00. The first-order chi connectivity index (χ1) is 4.91. The molecular formula is C7H14O3. The molecule has 0 atom stereocenters. The Labute approximate surface area is 61.3 Å². The second kappa shape index (κ2) is 8.59. The Bertz CT molecular complexity index is 73.3. The molecule has 0 radical (unpaired) electrons. The van der Waals surface area contributed by atoms with Gasteiger partial charge in [-0.2, -0.15) is 0 Å². The molecule has 0 spiro atoms. The van der Waals surface area contributed by atoms with Crippen LogP contribution >= 0.6 is 0 Å². The van der Waals surface area contributed by atoms with E-state index >= 15 is 0 Å². The molecule has 0 N–H and O–H groups in total. The zero-order valence-electron chi connectivity index (χ0n) is 6.34. The zero-order valence-corrected chi connectivity index (χ0v) is 6.34. The second-order valence-electron chi connectivity index (χ2n) is 1.85. The van der Waals surface area contributed by atoms with E-state index in [1.165, 1.54) is 0 Å². The largest absolute Gasteiger partial charge is 0.379 e. The molecule has 0 aromatic rings. The molecule has 3 heteroatoms. The summed E-state index contributed by atoms with van der Waals surface area (Å²) < 4.78 is 9.92. The van der Waals surface area contributed by atoms with Crippen LogP contribution in [0.15, 0.2) is 0 Å². The summed E-state index contributed by atoms with van der Waals surface area (Å²) in [6.45, 7) is 4.09. The molecule has 0 unspecified atom stereocenters. The molecular weight excluding hydrogens is 132 g/mol. The monoisotopic (exact) mass is 146 g/mol. The van der Waals surface area contributed by atoms with Crippen LogP contribution < -0.4 is 0 Å². The van der Waals surface area contributed by atoms with Crippen LogP contribution in [0.5, 0.6) is 0 Å². The molecule has 0 amide bonds. The summed E-state index contributed by atoms with van der Waals surface area (Å²) in [6.07, 6.45) is 1.76. The van der Waals surface area contributed by atoms with Gasteiger partial charge in [0.25, 0.3) is 0 Å². The molecule has 10 heavy (non-hydrogen) atoms. The quantitative estimate of drug-likeness (QED) is 0.390. The lowest BCUT2D eigenvalue weighted by atomic mass is 10.5. The van der Waals surface area contributed by atoms with Crippen LogP contribution in [-0.4, -0.2) is 32.7 Å². The zero-order chi connectivity index (χ0) is 7.66. The Morgan fingerprint density at radius 2 is 1.90 bits per heavy atom. The third kappa shape index (κ3) is 7.59. The van der Waals surface area contributed by atoms with Crippen LogP contribution in [0.2, 0.25) is 0 Å².